The van der Waals surface area contributed by atoms with Gasteiger partial charge in [-0.1, -0.05) is 0 Å². The summed E-state index contributed by atoms with van der Waals surface area (Å²) in [5.74, 6) is 0.505. The average molecular weight is 343 g/mol. The average Bonchev–Trinajstić information content (AvgIpc) is 3.05. The van der Waals surface area contributed by atoms with Crippen LogP contribution in [0.4, 0.5) is 0 Å². The fourth-order valence-corrected chi connectivity index (χ4v) is 5.55. The summed E-state index contributed by atoms with van der Waals surface area (Å²) in [6, 6.07) is 0.326. The predicted molar refractivity (Wildman–Crippen MR) is 86.0 cm³/mol. The molecule has 1 atom stereocenters. The van der Waals surface area contributed by atoms with Crippen LogP contribution in [-0.2, 0) is 9.84 Å². The Balaban J connectivity index is 1.49. The summed E-state index contributed by atoms with van der Waals surface area (Å²) in [7, 11) is -2.83. The lowest BCUT2D eigenvalue weighted by molar-refractivity contribution is 0.0893. The molecular formula is C14H21N3O3S2. The lowest BCUT2D eigenvalue weighted by Crippen LogP contribution is -2.48. The Morgan fingerprint density at radius 1 is 1.36 bits per heavy atom. The van der Waals surface area contributed by atoms with Crippen molar-refractivity contribution >= 4 is 27.1 Å². The maximum absolute atomic E-state index is 12.1. The van der Waals surface area contributed by atoms with E-state index < -0.39 is 9.84 Å². The zero-order valence-corrected chi connectivity index (χ0v) is 14.3. The van der Waals surface area contributed by atoms with E-state index in [1.807, 2.05) is 6.92 Å². The molecule has 0 unspecified atom stereocenters. The topological polar surface area (TPSA) is 79.4 Å². The molecule has 3 rings (SSSR count). The number of thiazole rings is 1. The van der Waals surface area contributed by atoms with Crippen molar-refractivity contribution in [3.63, 3.8) is 0 Å². The van der Waals surface area contributed by atoms with Gasteiger partial charge in [0.2, 0.25) is 0 Å². The standard InChI is InChI=1S/C14H21N3O3S2/c1-10-15-13(8-21-10)14(18)16-11-2-5-17(6-3-11)12-4-7-22(19,20)9-12/h8,11-12H,2-7,9H2,1H3,(H,16,18)/t12-/m1/s1. The Morgan fingerprint density at radius 3 is 2.64 bits per heavy atom. The molecule has 2 saturated heterocycles. The minimum atomic E-state index is -2.83. The van der Waals surface area contributed by atoms with E-state index >= 15 is 0 Å². The zero-order chi connectivity index (χ0) is 15.7. The lowest BCUT2D eigenvalue weighted by atomic mass is 10.0. The molecule has 6 nitrogen and oxygen atoms in total. The van der Waals surface area contributed by atoms with E-state index in [-0.39, 0.29) is 18.0 Å². The maximum atomic E-state index is 12.1. The van der Waals surface area contributed by atoms with Crippen LogP contribution in [0.5, 0.6) is 0 Å². The highest BCUT2D eigenvalue weighted by Gasteiger charge is 2.34. The van der Waals surface area contributed by atoms with Gasteiger partial charge in [0.25, 0.3) is 5.91 Å². The van der Waals surface area contributed by atoms with Crippen LogP contribution < -0.4 is 5.32 Å². The molecule has 2 fully saturated rings. The van der Waals surface area contributed by atoms with Crippen LogP contribution in [0.25, 0.3) is 0 Å². The third-order valence-corrected chi connectivity index (χ3v) is 6.97. The summed E-state index contributed by atoms with van der Waals surface area (Å²) >= 11 is 1.47. The molecule has 8 heteroatoms. The molecule has 122 valence electrons. The van der Waals surface area contributed by atoms with E-state index in [0.29, 0.717) is 17.2 Å². The summed E-state index contributed by atoms with van der Waals surface area (Å²) in [5, 5.41) is 5.71. The number of sulfone groups is 1. The summed E-state index contributed by atoms with van der Waals surface area (Å²) < 4.78 is 23.1. The molecule has 1 N–H and O–H groups in total. The second-order valence-corrected chi connectivity index (χ2v) is 9.38. The Kier molecular flexibility index (Phi) is 4.52. The van der Waals surface area contributed by atoms with Crippen molar-refractivity contribution in [2.75, 3.05) is 24.6 Å². The van der Waals surface area contributed by atoms with Crippen molar-refractivity contribution in [3.8, 4) is 0 Å². The highest BCUT2D eigenvalue weighted by atomic mass is 32.2. The first-order chi connectivity index (χ1) is 10.4. The molecule has 2 aliphatic heterocycles. The number of aromatic nitrogens is 1. The van der Waals surface area contributed by atoms with Gasteiger partial charge >= 0.3 is 0 Å². The first-order valence-corrected chi connectivity index (χ1v) is 10.3. The smallest absolute Gasteiger partial charge is 0.270 e. The lowest BCUT2D eigenvalue weighted by Gasteiger charge is -2.35. The van der Waals surface area contributed by atoms with E-state index in [2.05, 4.69) is 15.2 Å². The SMILES string of the molecule is Cc1nc(C(=O)NC2CCN([C@@H]3CCS(=O)(=O)C3)CC2)cs1. The van der Waals surface area contributed by atoms with Crippen LogP contribution in [0.1, 0.15) is 34.8 Å². The number of hydrogen-bond donors (Lipinski definition) is 1. The van der Waals surface area contributed by atoms with Crippen molar-refractivity contribution < 1.29 is 13.2 Å². The van der Waals surface area contributed by atoms with Crippen LogP contribution in [0.15, 0.2) is 5.38 Å². The summed E-state index contributed by atoms with van der Waals surface area (Å²) in [6.45, 7) is 3.58. The first kappa shape index (κ1) is 15.9. The molecule has 3 heterocycles. The maximum Gasteiger partial charge on any atom is 0.270 e. The summed E-state index contributed by atoms with van der Waals surface area (Å²) in [5.41, 5.74) is 0.492. The van der Waals surface area contributed by atoms with E-state index in [9.17, 15) is 13.2 Å². The van der Waals surface area contributed by atoms with E-state index in [1.165, 1.54) is 11.3 Å². The minimum absolute atomic E-state index is 0.105. The molecule has 0 radical (unpaired) electrons. The van der Waals surface area contributed by atoms with Gasteiger partial charge in [0.05, 0.1) is 16.5 Å². The summed E-state index contributed by atoms with van der Waals surface area (Å²) in [4.78, 5) is 18.6. The van der Waals surface area contributed by atoms with Crippen LogP contribution >= 0.6 is 11.3 Å². The number of hydrogen-bond acceptors (Lipinski definition) is 6. The number of likely N-dealkylation sites (tertiary alicyclic amines) is 1. The van der Waals surface area contributed by atoms with Crippen molar-refractivity contribution in [3.05, 3.63) is 16.1 Å². The number of rotatable bonds is 3. The summed E-state index contributed by atoms with van der Waals surface area (Å²) in [6.07, 6.45) is 2.48. The Bertz CT molecular complexity index is 648. The molecule has 0 saturated carbocycles. The number of nitrogens with one attached hydrogen (secondary N) is 1. The van der Waals surface area contributed by atoms with Gasteiger partial charge in [-0.05, 0) is 26.2 Å². The van der Waals surface area contributed by atoms with E-state index in [4.69, 9.17) is 0 Å². The number of piperidine rings is 1. The number of carbonyl (C=O) groups is 1. The van der Waals surface area contributed by atoms with Gasteiger partial charge in [-0.15, -0.1) is 11.3 Å². The molecule has 1 aromatic heterocycles. The Hall–Kier alpha value is -0.990. The second kappa shape index (κ2) is 6.25. The number of nitrogens with zero attached hydrogens (tertiary/aromatic N) is 2. The molecule has 0 bridgehead atoms. The van der Waals surface area contributed by atoms with Crippen molar-refractivity contribution in [1.82, 2.24) is 15.2 Å². The Morgan fingerprint density at radius 2 is 2.09 bits per heavy atom. The number of amides is 1. The second-order valence-electron chi connectivity index (χ2n) is 6.09. The van der Waals surface area contributed by atoms with Crippen LogP contribution in [0.3, 0.4) is 0 Å². The fraction of sp³-hybridized carbons (Fsp3) is 0.714. The Labute approximate surface area is 134 Å². The molecule has 2 aliphatic rings. The van der Waals surface area contributed by atoms with Crippen molar-refractivity contribution in [1.29, 1.82) is 0 Å². The van der Waals surface area contributed by atoms with Gasteiger partial charge < -0.3 is 5.32 Å². The molecule has 0 spiro atoms. The van der Waals surface area contributed by atoms with Gasteiger partial charge in [-0.2, -0.15) is 0 Å². The third-order valence-electron chi connectivity index (χ3n) is 4.44. The van der Waals surface area contributed by atoms with Crippen molar-refractivity contribution in [2.24, 2.45) is 0 Å². The number of aryl methyl sites for hydroxylation is 1. The fourth-order valence-electron chi connectivity index (χ4n) is 3.20. The highest BCUT2D eigenvalue weighted by molar-refractivity contribution is 7.91. The number of carbonyl (C=O) groups excluding carboxylic acids is 1. The first-order valence-electron chi connectivity index (χ1n) is 7.60. The molecule has 0 aliphatic carbocycles. The van der Waals surface area contributed by atoms with Gasteiger partial charge in [0.15, 0.2) is 9.84 Å². The monoisotopic (exact) mass is 343 g/mol. The molecule has 0 aromatic carbocycles. The van der Waals surface area contributed by atoms with Gasteiger partial charge in [0.1, 0.15) is 5.69 Å². The van der Waals surface area contributed by atoms with Gasteiger partial charge in [0, 0.05) is 30.6 Å². The minimum Gasteiger partial charge on any atom is -0.348 e. The normalized spacial score (nSPS) is 26.1. The quantitative estimate of drug-likeness (QED) is 0.879. The van der Waals surface area contributed by atoms with Crippen LogP contribution in [0.2, 0.25) is 0 Å². The molecule has 1 amide bonds. The zero-order valence-electron chi connectivity index (χ0n) is 12.6. The van der Waals surface area contributed by atoms with Crippen molar-refractivity contribution in [2.45, 2.75) is 38.3 Å². The molecule has 22 heavy (non-hydrogen) atoms. The van der Waals surface area contributed by atoms with Crippen LogP contribution in [0, 0.1) is 6.92 Å². The van der Waals surface area contributed by atoms with E-state index in [0.717, 1.165) is 37.4 Å². The molecular weight excluding hydrogens is 322 g/mol. The van der Waals surface area contributed by atoms with Gasteiger partial charge in [-0.25, -0.2) is 13.4 Å². The largest absolute Gasteiger partial charge is 0.348 e. The predicted octanol–water partition coefficient (Wildman–Crippen LogP) is 0.833. The van der Waals surface area contributed by atoms with Crippen LogP contribution in [-0.4, -0.2) is 60.9 Å². The highest BCUT2D eigenvalue weighted by Crippen LogP contribution is 2.22. The molecule has 1 aromatic rings. The van der Waals surface area contributed by atoms with E-state index in [1.54, 1.807) is 5.38 Å². The van der Waals surface area contributed by atoms with Gasteiger partial charge in [-0.3, -0.25) is 9.69 Å². The third kappa shape index (κ3) is 3.67.